The van der Waals surface area contributed by atoms with Crippen LogP contribution in [0.5, 0.6) is 0 Å². The fraction of sp³-hybridized carbons (Fsp3) is 0.579. The van der Waals surface area contributed by atoms with Gasteiger partial charge in [0.1, 0.15) is 5.69 Å². The summed E-state index contributed by atoms with van der Waals surface area (Å²) in [4.78, 5) is 29.1. The van der Waals surface area contributed by atoms with Crippen LogP contribution in [0, 0.1) is 12.8 Å². The molecule has 0 aliphatic heterocycles. The van der Waals surface area contributed by atoms with Gasteiger partial charge in [-0.3, -0.25) is 9.59 Å². The summed E-state index contributed by atoms with van der Waals surface area (Å²) in [5.74, 6) is 0.383. The predicted molar refractivity (Wildman–Crippen MR) is 98.4 cm³/mol. The molecule has 0 unspecified atom stereocenters. The van der Waals surface area contributed by atoms with Crippen LogP contribution in [0.25, 0.3) is 0 Å². The highest BCUT2D eigenvalue weighted by molar-refractivity contribution is 5.93. The molecule has 0 saturated heterocycles. The van der Waals surface area contributed by atoms with Crippen molar-refractivity contribution in [3.8, 4) is 0 Å². The zero-order valence-corrected chi connectivity index (χ0v) is 15.8. The van der Waals surface area contributed by atoms with E-state index in [-0.39, 0.29) is 17.7 Å². The Labute approximate surface area is 162 Å². The first-order valence-electron chi connectivity index (χ1n) is 9.74. The molecule has 2 amide bonds. The molecule has 150 valence electrons. The second-order valence-electron chi connectivity index (χ2n) is 7.62. The lowest BCUT2D eigenvalue weighted by molar-refractivity contribution is -0.125. The number of aryl methyl sites for hydroxylation is 1. The molecule has 2 aromatic heterocycles. The van der Waals surface area contributed by atoms with E-state index in [1.165, 1.54) is 0 Å². The Hall–Kier alpha value is -2.68. The smallest absolute Gasteiger partial charge is 0.268 e. The van der Waals surface area contributed by atoms with Crippen molar-refractivity contribution in [2.24, 2.45) is 5.92 Å². The van der Waals surface area contributed by atoms with Crippen LogP contribution in [-0.4, -0.2) is 50.3 Å². The number of aromatic nitrogens is 3. The van der Waals surface area contributed by atoms with Crippen LogP contribution in [0.1, 0.15) is 53.9 Å². The third-order valence-electron chi connectivity index (χ3n) is 5.39. The Kier molecular flexibility index (Phi) is 5.17. The zero-order chi connectivity index (χ0) is 19.7. The van der Waals surface area contributed by atoms with Gasteiger partial charge in [-0.05, 0) is 37.8 Å². The maximum atomic E-state index is 12.6. The molecule has 2 fully saturated rings. The number of hydrogen-bond acceptors (Lipinski definition) is 6. The Bertz CT molecular complexity index is 856. The third-order valence-corrected chi connectivity index (χ3v) is 5.39. The molecule has 0 spiro atoms. The monoisotopic (exact) mass is 387 g/mol. The van der Waals surface area contributed by atoms with Crippen LogP contribution in [0.15, 0.2) is 22.9 Å². The number of carbonyl (C=O) groups excluding carboxylic acids is 2. The van der Waals surface area contributed by atoms with E-state index < -0.39 is 12.1 Å². The Morgan fingerprint density at radius 3 is 2.89 bits per heavy atom. The van der Waals surface area contributed by atoms with Crippen molar-refractivity contribution in [1.82, 2.24) is 25.3 Å². The van der Waals surface area contributed by atoms with E-state index in [1.807, 2.05) is 16.8 Å². The minimum Gasteiger partial charge on any atom is -0.391 e. The van der Waals surface area contributed by atoms with Gasteiger partial charge >= 0.3 is 0 Å². The molecule has 9 nitrogen and oxygen atoms in total. The largest absolute Gasteiger partial charge is 0.391 e. The average Bonchev–Trinajstić information content (AvgIpc) is 3.06. The van der Waals surface area contributed by atoms with Crippen molar-refractivity contribution < 1.29 is 19.2 Å². The van der Waals surface area contributed by atoms with E-state index in [0.29, 0.717) is 49.3 Å². The van der Waals surface area contributed by atoms with E-state index in [4.69, 9.17) is 4.52 Å². The first kappa shape index (κ1) is 18.7. The highest BCUT2D eigenvalue weighted by atomic mass is 16.5. The van der Waals surface area contributed by atoms with Crippen LogP contribution >= 0.6 is 0 Å². The minimum atomic E-state index is -0.733. The molecular formula is C19H25N5O4. The number of aliphatic hydroxyl groups is 1. The fourth-order valence-corrected chi connectivity index (χ4v) is 3.77. The maximum Gasteiger partial charge on any atom is 0.268 e. The van der Waals surface area contributed by atoms with Crippen molar-refractivity contribution in [3.63, 3.8) is 0 Å². The molecule has 3 N–H and O–H groups in total. The molecule has 0 aromatic carbocycles. The van der Waals surface area contributed by atoms with Crippen LogP contribution in [-0.2, 0) is 11.2 Å². The van der Waals surface area contributed by atoms with Crippen LogP contribution < -0.4 is 10.6 Å². The number of nitrogens with one attached hydrogen (secondary N) is 2. The third kappa shape index (κ3) is 4.09. The Balaban J connectivity index is 1.27. The maximum absolute atomic E-state index is 12.6. The minimum absolute atomic E-state index is 0.127. The first-order chi connectivity index (χ1) is 13.5. The lowest BCUT2D eigenvalue weighted by Crippen LogP contribution is -2.40. The molecule has 2 aromatic rings. The summed E-state index contributed by atoms with van der Waals surface area (Å²) in [5.41, 5.74) is 0.609. The normalized spacial score (nSPS) is 24.3. The highest BCUT2D eigenvalue weighted by Gasteiger charge is 2.38. The summed E-state index contributed by atoms with van der Waals surface area (Å²) in [7, 11) is 0. The molecule has 0 bridgehead atoms. The van der Waals surface area contributed by atoms with Crippen LogP contribution in [0.3, 0.4) is 0 Å². The molecule has 4 rings (SSSR count). The van der Waals surface area contributed by atoms with Crippen molar-refractivity contribution in [2.45, 2.75) is 57.2 Å². The summed E-state index contributed by atoms with van der Waals surface area (Å²) >= 11 is 0. The van der Waals surface area contributed by atoms with Gasteiger partial charge in [-0.25, -0.2) is 0 Å². The summed E-state index contributed by atoms with van der Waals surface area (Å²) in [6, 6.07) is 3.63. The van der Waals surface area contributed by atoms with Crippen molar-refractivity contribution in [1.29, 1.82) is 0 Å². The van der Waals surface area contributed by atoms with Gasteiger partial charge in [0.05, 0.1) is 12.1 Å². The number of hydrogen-bond donors (Lipinski definition) is 3. The lowest BCUT2D eigenvalue weighted by Gasteiger charge is -2.17. The molecule has 2 heterocycles. The average molecular weight is 387 g/mol. The summed E-state index contributed by atoms with van der Waals surface area (Å²) in [6.07, 6.45) is 4.60. The number of rotatable bonds is 7. The molecular weight excluding hydrogens is 362 g/mol. The van der Waals surface area contributed by atoms with Crippen molar-refractivity contribution in [3.05, 3.63) is 35.7 Å². The van der Waals surface area contributed by atoms with Gasteiger partial charge in [-0.1, -0.05) is 5.16 Å². The van der Waals surface area contributed by atoms with Gasteiger partial charge in [0, 0.05) is 38.0 Å². The van der Waals surface area contributed by atoms with Gasteiger partial charge in [-0.15, -0.1) is 0 Å². The summed E-state index contributed by atoms with van der Waals surface area (Å²) in [5, 5.41) is 19.9. The number of carbonyl (C=O) groups is 2. The molecule has 0 radical (unpaired) electrons. The number of nitrogens with zero attached hydrogens (tertiary/aromatic N) is 3. The molecule has 2 saturated carbocycles. The molecule has 2 aliphatic rings. The quantitative estimate of drug-likeness (QED) is 0.644. The van der Waals surface area contributed by atoms with Crippen molar-refractivity contribution >= 4 is 11.8 Å². The second-order valence-corrected chi connectivity index (χ2v) is 7.62. The molecule has 3 atom stereocenters. The number of aliphatic hydroxyl groups excluding tert-OH is 1. The predicted octanol–water partition coefficient (Wildman–Crippen LogP) is 0.743. The van der Waals surface area contributed by atoms with E-state index in [1.54, 1.807) is 13.0 Å². The number of amides is 2. The van der Waals surface area contributed by atoms with Gasteiger partial charge in [0.2, 0.25) is 11.8 Å². The van der Waals surface area contributed by atoms with Crippen LogP contribution in [0.4, 0.5) is 0 Å². The Morgan fingerprint density at radius 1 is 1.36 bits per heavy atom. The van der Waals surface area contributed by atoms with Gasteiger partial charge in [0.25, 0.3) is 5.91 Å². The van der Waals surface area contributed by atoms with E-state index in [2.05, 4.69) is 20.8 Å². The zero-order valence-electron chi connectivity index (χ0n) is 15.8. The Morgan fingerprint density at radius 2 is 2.18 bits per heavy atom. The highest BCUT2D eigenvalue weighted by Crippen LogP contribution is 2.36. The standard InChI is InChI=1S/C19H25N5O4/c1-11-21-17(23-28-11)6-7-20-18(26)12-9-14(16(25)10-12)22-19(27)15-3-2-8-24(15)13-4-5-13/h2-3,8,12-14,16,25H,4-7,9-10H2,1H3,(H,20,26)(H,22,27)/t12-,14-,16-/m0/s1. The first-order valence-corrected chi connectivity index (χ1v) is 9.74. The summed E-state index contributed by atoms with van der Waals surface area (Å²) in [6.45, 7) is 2.11. The molecule has 9 heteroatoms. The SMILES string of the molecule is Cc1nc(CCNC(=O)[C@H]2C[C@H](NC(=O)c3cccn3C3CC3)[C@@H](O)C2)no1. The summed E-state index contributed by atoms with van der Waals surface area (Å²) < 4.78 is 6.88. The van der Waals surface area contributed by atoms with Gasteiger partial charge in [-0.2, -0.15) is 4.98 Å². The lowest BCUT2D eigenvalue weighted by atomic mass is 10.1. The molecule has 2 aliphatic carbocycles. The second kappa shape index (κ2) is 7.75. The van der Waals surface area contributed by atoms with Crippen molar-refractivity contribution in [2.75, 3.05) is 6.54 Å². The van der Waals surface area contributed by atoms with Gasteiger partial charge < -0.3 is 24.8 Å². The topological polar surface area (TPSA) is 122 Å². The fourth-order valence-electron chi connectivity index (χ4n) is 3.77. The van der Waals surface area contributed by atoms with Gasteiger partial charge in [0.15, 0.2) is 5.82 Å². The van der Waals surface area contributed by atoms with E-state index in [0.717, 1.165) is 12.8 Å². The van der Waals surface area contributed by atoms with E-state index >= 15 is 0 Å². The van der Waals surface area contributed by atoms with Crippen LogP contribution in [0.2, 0.25) is 0 Å². The molecule has 28 heavy (non-hydrogen) atoms. The van der Waals surface area contributed by atoms with E-state index in [9.17, 15) is 14.7 Å².